The van der Waals surface area contributed by atoms with Crippen molar-refractivity contribution >= 4 is 23.2 Å². The van der Waals surface area contributed by atoms with Crippen molar-refractivity contribution in [2.75, 3.05) is 18.6 Å². The fraction of sp³-hybridized carbons (Fsp3) is 0.348. The van der Waals surface area contributed by atoms with Gasteiger partial charge in [0.1, 0.15) is 11.5 Å². The molecule has 0 atom stereocenters. The number of benzene rings is 2. The van der Waals surface area contributed by atoms with E-state index in [0.717, 1.165) is 24.3 Å². The average molecular weight is 364 g/mol. The highest BCUT2D eigenvalue weighted by molar-refractivity contribution is 5.92. The summed E-state index contributed by atoms with van der Waals surface area (Å²) < 4.78 is 5.67. The van der Waals surface area contributed by atoms with E-state index in [1.54, 1.807) is 31.5 Å². The van der Waals surface area contributed by atoms with E-state index in [9.17, 15) is 5.11 Å². The van der Waals surface area contributed by atoms with Crippen LogP contribution in [0.4, 0.5) is 11.4 Å². The first kappa shape index (κ1) is 19.0. The Hall–Kier alpha value is -2.75. The van der Waals surface area contributed by atoms with Crippen LogP contribution >= 0.6 is 0 Å². The molecule has 1 heterocycles. The molecule has 142 valence electrons. The van der Waals surface area contributed by atoms with E-state index in [1.165, 1.54) is 16.8 Å². The highest BCUT2D eigenvalue weighted by Crippen LogP contribution is 2.42. The molecule has 0 aliphatic carbocycles. The minimum Gasteiger partial charge on any atom is -0.508 e. The maximum absolute atomic E-state index is 9.62. The van der Waals surface area contributed by atoms with Crippen LogP contribution in [0.5, 0.6) is 11.5 Å². The second-order valence-corrected chi connectivity index (χ2v) is 7.52. The Kier molecular flexibility index (Phi) is 5.26. The first-order chi connectivity index (χ1) is 12.9. The van der Waals surface area contributed by atoms with Gasteiger partial charge in [-0.1, -0.05) is 19.1 Å². The molecular formula is C23H28N2O2. The first-order valence-corrected chi connectivity index (χ1v) is 9.38. The monoisotopic (exact) mass is 364 g/mol. The highest BCUT2D eigenvalue weighted by Gasteiger charge is 2.31. The van der Waals surface area contributed by atoms with Gasteiger partial charge in [0.25, 0.3) is 0 Å². The van der Waals surface area contributed by atoms with E-state index in [4.69, 9.17) is 4.74 Å². The predicted molar refractivity (Wildman–Crippen MR) is 114 cm³/mol. The van der Waals surface area contributed by atoms with Gasteiger partial charge in [0.15, 0.2) is 0 Å². The number of anilines is 1. The van der Waals surface area contributed by atoms with Crippen molar-refractivity contribution in [3.05, 3.63) is 53.6 Å². The summed E-state index contributed by atoms with van der Waals surface area (Å²) in [4.78, 5) is 6.94. The maximum Gasteiger partial charge on any atom is 0.129 e. The SMILES string of the molecule is CCCN1c2cc(OC)c(C=Nc3cccc(O)c3)cc2C(C)=CC1(C)C. The number of methoxy groups -OCH3 is 1. The summed E-state index contributed by atoms with van der Waals surface area (Å²) in [5.41, 5.74) is 5.26. The number of phenolic OH excluding ortho intramolecular Hbond substituents is 1. The third-order valence-corrected chi connectivity index (χ3v) is 4.96. The van der Waals surface area contributed by atoms with Gasteiger partial charge < -0.3 is 14.7 Å². The van der Waals surface area contributed by atoms with Gasteiger partial charge in [-0.2, -0.15) is 0 Å². The Morgan fingerprint density at radius 2 is 2.00 bits per heavy atom. The molecule has 0 bridgehead atoms. The van der Waals surface area contributed by atoms with E-state index in [-0.39, 0.29) is 11.3 Å². The summed E-state index contributed by atoms with van der Waals surface area (Å²) in [7, 11) is 1.69. The van der Waals surface area contributed by atoms with Crippen molar-refractivity contribution in [1.82, 2.24) is 0 Å². The van der Waals surface area contributed by atoms with Gasteiger partial charge in [-0.3, -0.25) is 4.99 Å². The van der Waals surface area contributed by atoms with E-state index < -0.39 is 0 Å². The third-order valence-electron chi connectivity index (χ3n) is 4.96. The maximum atomic E-state index is 9.62. The topological polar surface area (TPSA) is 45.1 Å². The highest BCUT2D eigenvalue weighted by atomic mass is 16.5. The fourth-order valence-electron chi connectivity index (χ4n) is 3.75. The van der Waals surface area contributed by atoms with Gasteiger partial charge in [0, 0.05) is 41.7 Å². The van der Waals surface area contributed by atoms with Crippen LogP contribution in [0.25, 0.3) is 5.57 Å². The molecule has 1 aliphatic rings. The summed E-state index contributed by atoms with van der Waals surface area (Å²) >= 11 is 0. The molecular weight excluding hydrogens is 336 g/mol. The van der Waals surface area contributed by atoms with Gasteiger partial charge in [-0.15, -0.1) is 0 Å². The summed E-state index contributed by atoms with van der Waals surface area (Å²) in [6, 6.07) is 11.2. The van der Waals surface area contributed by atoms with Crippen molar-refractivity contribution in [2.45, 2.75) is 39.7 Å². The predicted octanol–water partition coefficient (Wildman–Crippen LogP) is 5.56. The molecule has 0 saturated heterocycles. The molecule has 1 aliphatic heterocycles. The van der Waals surface area contributed by atoms with Crippen LogP contribution in [0.2, 0.25) is 0 Å². The number of fused-ring (bicyclic) bond motifs is 1. The number of aliphatic imine (C=N–C) groups is 1. The van der Waals surface area contributed by atoms with E-state index in [0.29, 0.717) is 5.69 Å². The number of rotatable bonds is 5. The minimum absolute atomic E-state index is 0.0325. The molecule has 2 aromatic rings. The molecule has 0 saturated carbocycles. The largest absolute Gasteiger partial charge is 0.508 e. The molecule has 27 heavy (non-hydrogen) atoms. The molecule has 0 spiro atoms. The lowest BCUT2D eigenvalue weighted by Gasteiger charge is -2.43. The average Bonchev–Trinajstić information content (AvgIpc) is 2.62. The fourth-order valence-corrected chi connectivity index (χ4v) is 3.75. The second kappa shape index (κ2) is 7.47. The zero-order valence-corrected chi connectivity index (χ0v) is 16.8. The van der Waals surface area contributed by atoms with Crippen molar-refractivity contribution in [2.24, 2.45) is 4.99 Å². The molecule has 2 aromatic carbocycles. The first-order valence-electron chi connectivity index (χ1n) is 9.38. The van der Waals surface area contributed by atoms with Crippen LogP contribution < -0.4 is 9.64 Å². The zero-order valence-electron chi connectivity index (χ0n) is 16.8. The molecule has 0 aromatic heterocycles. The summed E-state index contributed by atoms with van der Waals surface area (Å²) in [6.45, 7) is 9.85. The van der Waals surface area contributed by atoms with Crippen LogP contribution in [-0.2, 0) is 0 Å². The molecule has 4 nitrogen and oxygen atoms in total. The lowest BCUT2D eigenvalue weighted by molar-refractivity contribution is 0.413. The molecule has 0 unspecified atom stereocenters. The van der Waals surface area contributed by atoms with Crippen LogP contribution in [0.15, 0.2) is 47.5 Å². The Morgan fingerprint density at radius 3 is 2.67 bits per heavy atom. The van der Waals surface area contributed by atoms with Crippen LogP contribution in [0.3, 0.4) is 0 Å². The lowest BCUT2D eigenvalue weighted by atomic mass is 9.87. The Bertz CT molecular complexity index is 897. The summed E-state index contributed by atoms with van der Waals surface area (Å²) in [6.07, 6.45) is 5.21. The molecule has 0 fully saturated rings. The Labute approximate surface area is 161 Å². The van der Waals surface area contributed by atoms with Crippen molar-refractivity contribution in [3.63, 3.8) is 0 Å². The van der Waals surface area contributed by atoms with Gasteiger partial charge in [-0.25, -0.2) is 0 Å². The molecule has 4 heteroatoms. The smallest absolute Gasteiger partial charge is 0.129 e. The van der Waals surface area contributed by atoms with E-state index in [2.05, 4.69) is 55.8 Å². The van der Waals surface area contributed by atoms with Crippen LogP contribution in [-0.4, -0.2) is 30.5 Å². The van der Waals surface area contributed by atoms with Gasteiger partial charge in [0.05, 0.1) is 18.3 Å². The second-order valence-electron chi connectivity index (χ2n) is 7.52. The molecule has 0 amide bonds. The number of nitrogens with zero attached hydrogens (tertiary/aromatic N) is 2. The number of hydrogen-bond acceptors (Lipinski definition) is 4. The van der Waals surface area contributed by atoms with Gasteiger partial charge in [0.2, 0.25) is 0 Å². The van der Waals surface area contributed by atoms with Crippen molar-refractivity contribution in [1.29, 1.82) is 0 Å². The molecule has 1 N–H and O–H groups in total. The number of ether oxygens (including phenoxy) is 1. The van der Waals surface area contributed by atoms with E-state index in [1.807, 2.05) is 6.07 Å². The number of hydrogen-bond donors (Lipinski definition) is 1. The third kappa shape index (κ3) is 3.85. The van der Waals surface area contributed by atoms with Gasteiger partial charge >= 0.3 is 0 Å². The summed E-state index contributed by atoms with van der Waals surface area (Å²) in [5, 5.41) is 9.62. The Balaban J connectivity index is 2.07. The zero-order chi connectivity index (χ0) is 19.6. The lowest BCUT2D eigenvalue weighted by Crippen LogP contribution is -2.45. The van der Waals surface area contributed by atoms with E-state index >= 15 is 0 Å². The summed E-state index contributed by atoms with van der Waals surface area (Å²) in [5.74, 6) is 1.00. The molecule has 3 rings (SSSR count). The minimum atomic E-state index is -0.0325. The quantitative estimate of drug-likeness (QED) is 0.706. The van der Waals surface area contributed by atoms with Crippen molar-refractivity contribution < 1.29 is 9.84 Å². The standard InChI is InChI=1S/C23H28N2O2/c1-6-10-25-21-13-22(27-5)17(11-20(21)16(2)14-23(25,3)4)15-24-18-8-7-9-19(26)12-18/h7-9,11-15,26H,6,10H2,1-5H3. The number of allylic oxidation sites excluding steroid dienone is 1. The van der Waals surface area contributed by atoms with Crippen LogP contribution in [0.1, 0.15) is 45.2 Å². The van der Waals surface area contributed by atoms with Gasteiger partial charge in [-0.05, 0) is 51.0 Å². The van der Waals surface area contributed by atoms with Crippen LogP contribution in [0, 0.1) is 0 Å². The number of aromatic hydroxyl groups is 1. The Morgan fingerprint density at radius 1 is 1.22 bits per heavy atom. The normalized spacial score (nSPS) is 15.6. The molecule has 0 radical (unpaired) electrons. The number of phenols is 1. The van der Waals surface area contributed by atoms with Crippen molar-refractivity contribution in [3.8, 4) is 11.5 Å².